The highest BCUT2D eigenvalue weighted by Gasteiger charge is 2.55. The van der Waals surface area contributed by atoms with Crippen LogP contribution in [0.5, 0.6) is 0 Å². The van der Waals surface area contributed by atoms with Gasteiger partial charge in [-0.15, -0.1) is 10.2 Å². The van der Waals surface area contributed by atoms with Gasteiger partial charge in [-0.1, -0.05) is 12.8 Å². The van der Waals surface area contributed by atoms with Crippen LogP contribution < -0.4 is 0 Å². The van der Waals surface area contributed by atoms with Crippen LogP contribution in [-0.2, 0) is 5.41 Å². The third-order valence-electron chi connectivity index (χ3n) is 7.07. The molecule has 3 fully saturated rings. The van der Waals surface area contributed by atoms with E-state index in [2.05, 4.69) is 25.1 Å². The van der Waals surface area contributed by atoms with E-state index in [-0.39, 0.29) is 11.3 Å². The molecule has 0 aromatic carbocycles. The van der Waals surface area contributed by atoms with Crippen molar-refractivity contribution in [2.24, 2.45) is 5.92 Å². The Morgan fingerprint density at radius 3 is 2.66 bits per heavy atom. The van der Waals surface area contributed by atoms with E-state index in [1.54, 1.807) is 12.4 Å². The Kier molecular flexibility index (Phi) is 4.61. The summed E-state index contributed by atoms with van der Waals surface area (Å²) in [4.78, 5) is 26.1. The molecule has 2 aliphatic heterocycles. The van der Waals surface area contributed by atoms with Crippen molar-refractivity contribution in [3.8, 4) is 0 Å². The van der Waals surface area contributed by atoms with Crippen LogP contribution in [0.25, 0.3) is 0 Å². The summed E-state index contributed by atoms with van der Waals surface area (Å²) in [6, 6.07) is 0.647. The third kappa shape index (κ3) is 3.23. The largest absolute Gasteiger partial charge is 0.425 e. The Morgan fingerprint density at radius 1 is 1.14 bits per heavy atom. The quantitative estimate of drug-likeness (QED) is 0.785. The maximum Gasteiger partial charge on any atom is 0.274 e. The molecular formula is C21H28N6O2. The van der Waals surface area contributed by atoms with E-state index in [0.717, 1.165) is 31.1 Å². The molecule has 8 nitrogen and oxygen atoms in total. The molecule has 0 N–H and O–H groups in total. The van der Waals surface area contributed by atoms with Crippen molar-refractivity contribution in [2.45, 2.75) is 57.4 Å². The number of hydrogen-bond acceptors (Lipinski definition) is 7. The molecule has 1 amide bonds. The molecule has 0 bridgehead atoms. The molecule has 29 heavy (non-hydrogen) atoms. The van der Waals surface area contributed by atoms with Crippen molar-refractivity contribution in [3.63, 3.8) is 0 Å². The van der Waals surface area contributed by atoms with E-state index >= 15 is 0 Å². The number of amides is 1. The standard InChI is InChI=1S/C21H28N6O2/c1-14-9-23-18(10-22-14)19(28)26-8-7-21(20-25-24-15(2)29-20)13-27(12-16(21)11-26)17-5-3-4-6-17/h9-10,16-17H,3-8,11-13H2,1-2H3/t16-,21-/m0/s1. The Hall–Kier alpha value is -2.35. The predicted molar refractivity (Wildman–Crippen MR) is 105 cm³/mol. The summed E-state index contributed by atoms with van der Waals surface area (Å²) in [5.74, 6) is 1.62. The summed E-state index contributed by atoms with van der Waals surface area (Å²) in [5.41, 5.74) is 1.08. The number of likely N-dealkylation sites (tertiary alicyclic amines) is 2. The van der Waals surface area contributed by atoms with Gasteiger partial charge in [-0.3, -0.25) is 14.7 Å². The first-order valence-electron chi connectivity index (χ1n) is 10.7. The molecule has 2 aromatic rings. The summed E-state index contributed by atoms with van der Waals surface area (Å²) in [6.07, 6.45) is 9.25. The maximum absolute atomic E-state index is 13.0. The molecule has 8 heteroatoms. The monoisotopic (exact) mass is 396 g/mol. The second-order valence-electron chi connectivity index (χ2n) is 8.89. The van der Waals surface area contributed by atoms with Crippen molar-refractivity contribution in [1.82, 2.24) is 30.0 Å². The van der Waals surface area contributed by atoms with Crippen LogP contribution in [0.1, 0.15) is 60.1 Å². The fourth-order valence-corrected chi connectivity index (χ4v) is 5.47. The van der Waals surface area contributed by atoms with Gasteiger partial charge in [0.1, 0.15) is 5.69 Å². The van der Waals surface area contributed by atoms with Crippen LogP contribution in [0.15, 0.2) is 16.8 Å². The van der Waals surface area contributed by atoms with E-state index in [4.69, 9.17) is 4.42 Å². The lowest BCUT2D eigenvalue weighted by molar-refractivity contribution is 0.0561. The topological polar surface area (TPSA) is 88.2 Å². The molecule has 3 aliphatic rings. The van der Waals surface area contributed by atoms with Gasteiger partial charge >= 0.3 is 0 Å². The summed E-state index contributed by atoms with van der Waals surface area (Å²) in [7, 11) is 0. The molecule has 154 valence electrons. The number of carbonyl (C=O) groups is 1. The molecule has 0 spiro atoms. The number of carbonyl (C=O) groups excluding carboxylic acids is 1. The second-order valence-corrected chi connectivity index (χ2v) is 8.89. The first-order valence-corrected chi connectivity index (χ1v) is 10.7. The number of hydrogen-bond donors (Lipinski definition) is 0. The number of fused-ring (bicyclic) bond motifs is 1. The summed E-state index contributed by atoms with van der Waals surface area (Å²) in [6.45, 7) is 7.02. The minimum atomic E-state index is -0.153. The Bertz CT molecular complexity index is 891. The van der Waals surface area contributed by atoms with Crippen LogP contribution in [0.4, 0.5) is 0 Å². The van der Waals surface area contributed by atoms with Crippen LogP contribution >= 0.6 is 0 Å². The average molecular weight is 396 g/mol. The fraction of sp³-hybridized carbons (Fsp3) is 0.667. The second kappa shape index (κ2) is 7.16. The normalized spacial score (nSPS) is 28.1. The van der Waals surface area contributed by atoms with Crippen LogP contribution in [0, 0.1) is 19.8 Å². The molecule has 0 radical (unpaired) electrons. The van der Waals surface area contributed by atoms with Crippen LogP contribution in [-0.4, -0.2) is 68.1 Å². The molecule has 0 unspecified atom stereocenters. The van der Waals surface area contributed by atoms with Gasteiger partial charge in [-0.05, 0) is 26.2 Å². The van der Waals surface area contributed by atoms with E-state index < -0.39 is 0 Å². The maximum atomic E-state index is 13.0. The van der Waals surface area contributed by atoms with Gasteiger partial charge in [-0.25, -0.2) is 4.98 Å². The molecular weight excluding hydrogens is 368 g/mol. The predicted octanol–water partition coefficient (Wildman–Crippen LogP) is 2.13. The minimum absolute atomic E-state index is 0.0351. The van der Waals surface area contributed by atoms with E-state index in [1.807, 2.05) is 18.7 Å². The minimum Gasteiger partial charge on any atom is -0.425 e. The average Bonchev–Trinajstić information content (AvgIpc) is 3.46. The zero-order chi connectivity index (χ0) is 20.0. The summed E-state index contributed by atoms with van der Waals surface area (Å²) in [5, 5.41) is 8.55. The van der Waals surface area contributed by atoms with Crippen molar-refractivity contribution in [3.05, 3.63) is 35.6 Å². The molecule has 2 aromatic heterocycles. The SMILES string of the molecule is Cc1cnc(C(=O)N2CC[C@]3(c4nnc(C)o4)CN(C4CCCC4)C[C@@H]3C2)cn1. The lowest BCUT2D eigenvalue weighted by Gasteiger charge is -2.41. The van der Waals surface area contributed by atoms with Gasteiger partial charge < -0.3 is 9.32 Å². The number of nitrogens with zero attached hydrogens (tertiary/aromatic N) is 6. The lowest BCUT2D eigenvalue weighted by Crippen LogP contribution is -2.51. The van der Waals surface area contributed by atoms with E-state index in [9.17, 15) is 4.79 Å². The fourth-order valence-electron chi connectivity index (χ4n) is 5.47. The summed E-state index contributed by atoms with van der Waals surface area (Å²) >= 11 is 0. The molecule has 1 saturated carbocycles. The lowest BCUT2D eigenvalue weighted by atomic mass is 9.72. The number of piperidine rings is 1. The van der Waals surface area contributed by atoms with Gasteiger partial charge in [0.2, 0.25) is 11.8 Å². The molecule has 5 rings (SSSR count). The highest BCUT2D eigenvalue weighted by Crippen LogP contribution is 2.46. The highest BCUT2D eigenvalue weighted by molar-refractivity contribution is 5.92. The first-order chi connectivity index (χ1) is 14.0. The molecule has 2 saturated heterocycles. The van der Waals surface area contributed by atoms with Crippen molar-refractivity contribution in [1.29, 1.82) is 0 Å². The first kappa shape index (κ1) is 18.7. The third-order valence-corrected chi connectivity index (χ3v) is 7.07. The zero-order valence-corrected chi connectivity index (χ0v) is 17.2. The summed E-state index contributed by atoms with van der Waals surface area (Å²) < 4.78 is 5.96. The molecule has 1 aliphatic carbocycles. The van der Waals surface area contributed by atoms with E-state index in [0.29, 0.717) is 36.6 Å². The van der Waals surface area contributed by atoms with Crippen molar-refractivity contribution >= 4 is 5.91 Å². The molecule has 4 heterocycles. The Morgan fingerprint density at radius 2 is 1.97 bits per heavy atom. The van der Waals surface area contributed by atoms with Crippen LogP contribution in [0.3, 0.4) is 0 Å². The number of rotatable bonds is 3. The number of aryl methyl sites for hydroxylation is 2. The van der Waals surface area contributed by atoms with Gasteiger partial charge in [-0.2, -0.15) is 0 Å². The van der Waals surface area contributed by atoms with Crippen molar-refractivity contribution < 1.29 is 9.21 Å². The number of aromatic nitrogens is 4. The van der Waals surface area contributed by atoms with Gasteiger partial charge in [0.05, 0.1) is 17.3 Å². The van der Waals surface area contributed by atoms with Gasteiger partial charge in [0, 0.05) is 51.3 Å². The van der Waals surface area contributed by atoms with E-state index in [1.165, 1.54) is 25.7 Å². The van der Waals surface area contributed by atoms with Gasteiger partial charge in [0.15, 0.2) is 0 Å². The van der Waals surface area contributed by atoms with Crippen LogP contribution in [0.2, 0.25) is 0 Å². The van der Waals surface area contributed by atoms with Gasteiger partial charge in [0.25, 0.3) is 5.91 Å². The van der Waals surface area contributed by atoms with Crippen molar-refractivity contribution in [2.75, 3.05) is 26.2 Å². The highest BCUT2D eigenvalue weighted by atomic mass is 16.4. The zero-order valence-electron chi connectivity index (χ0n) is 17.2. The Labute approximate surface area is 170 Å². The smallest absolute Gasteiger partial charge is 0.274 e. The molecule has 2 atom stereocenters. The Balaban J connectivity index is 1.41.